The van der Waals surface area contributed by atoms with Gasteiger partial charge in [0.25, 0.3) is 0 Å². The van der Waals surface area contributed by atoms with Gasteiger partial charge in [-0.2, -0.15) is 0 Å². The third kappa shape index (κ3) is 3.30. The maximum absolute atomic E-state index is 8.69. The fourth-order valence-electron chi connectivity index (χ4n) is 2.12. The fraction of sp³-hybridized carbons (Fsp3) is 0.400. The summed E-state index contributed by atoms with van der Waals surface area (Å²) in [6.07, 6.45) is 4.29. The van der Waals surface area contributed by atoms with Crippen LogP contribution in [0, 0.1) is 0 Å². The van der Waals surface area contributed by atoms with Gasteiger partial charge in [0, 0.05) is 35.8 Å². The van der Waals surface area contributed by atoms with Crippen molar-refractivity contribution in [1.29, 1.82) is 0 Å². The molecule has 0 unspecified atom stereocenters. The molecule has 0 bridgehead atoms. The number of amidine groups is 1. The zero-order chi connectivity index (χ0) is 14.4. The molecule has 1 heterocycles. The summed E-state index contributed by atoms with van der Waals surface area (Å²) >= 11 is 0. The highest BCUT2D eigenvalue weighted by Gasteiger charge is 2.04. The third-order valence-corrected chi connectivity index (χ3v) is 3.29. The SMILES string of the molecule is CCCCOCCn1ccc2cc(/C(N)=N/O)ccc21. The summed E-state index contributed by atoms with van der Waals surface area (Å²) in [4.78, 5) is 0. The number of nitrogens with zero attached hydrogens (tertiary/aromatic N) is 2. The lowest BCUT2D eigenvalue weighted by molar-refractivity contribution is 0.124. The predicted octanol–water partition coefficient (Wildman–Crippen LogP) is 2.55. The second kappa shape index (κ2) is 6.96. The molecule has 3 N–H and O–H groups in total. The number of hydrogen-bond acceptors (Lipinski definition) is 3. The van der Waals surface area contributed by atoms with Gasteiger partial charge in [-0.3, -0.25) is 0 Å². The average molecular weight is 275 g/mol. The van der Waals surface area contributed by atoms with E-state index in [0.717, 1.165) is 42.5 Å². The summed E-state index contributed by atoms with van der Waals surface area (Å²) in [5.74, 6) is 0.127. The van der Waals surface area contributed by atoms with E-state index in [-0.39, 0.29) is 5.84 Å². The van der Waals surface area contributed by atoms with Crippen LogP contribution < -0.4 is 5.73 Å². The summed E-state index contributed by atoms with van der Waals surface area (Å²) in [6.45, 7) is 4.52. The Kier molecular flexibility index (Phi) is 5.01. The van der Waals surface area contributed by atoms with Gasteiger partial charge in [0.05, 0.1) is 6.61 Å². The largest absolute Gasteiger partial charge is 0.409 e. The standard InChI is InChI=1S/C15H21N3O2/c1-2-3-9-20-10-8-18-7-6-12-11-13(15(16)17-19)4-5-14(12)18/h4-7,11,19H,2-3,8-10H2,1H3,(H2,16,17). The number of oxime groups is 1. The minimum atomic E-state index is 0.127. The monoisotopic (exact) mass is 275 g/mol. The van der Waals surface area contributed by atoms with Crippen molar-refractivity contribution in [2.45, 2.75) is 26.3 Å². The summed E-state index contributed by atoms with van der Waals surface area (Å²) < 4.78 is 7.73. The average Bonchev–Trinajstić information content (AvgIpc) is 2.88. The van der Waals surface area contributed by atoms with Gasteiger partial charge in [0.2, 0.25) is 0 Å². The topological polar surface area (TPSA) is 72.8 Å². The van der Waals surface area contributed by atoms with Gasteiger partial charge in [0.15, 0.2) is 5.84 Å². The molecule has 0 aliphatic carbocycles. The second-order valence-corrected chi connectivity index (χ2v) is 4.73. The molecule has 0 atom stereocenters. The first-order valence-corrected chi connectivity index (χ1v) is 6.90. The first kappa shape index (κ1) is 14.4. The van der Waals surface area contributed by atoms with E-state index < -0.39 is 0 Å². The number of unbranched alkanes of at least 4 members (excludes halogenated alkanes) is 1. The van der Waals surface area contributed by atoms with Crippen LogP contribution in [0.15, 0.2) is 35.6 Å². The van der Waals surface area contributed by atoms with Crippen molar-refractivity contribution in [2.75, 3.05) is 13.2 Å². The number of nitrogens with two attached hydrogens (primary N) is 1. The minimum Gasteiger partial charge on any atom is -0.409 e. The first-order valence-electron chi connectivity index (χ1n) is 6.90. The van der Waals surface area contributed by atoms with E-state index >= 15 is 0 Å². The number of benzene rings is 1. The second-order valence-electron chi connectivity index (χ2n) is 4.73. The lowest BCUT2D eigenvalue weighted by atomic mass is 10.1. The highest BCUT2D eigenvalue weighted by Crippen LogP contribution is 2.17. The molecule has 0 spiro atoms. The Bertz CT molecular complexity index is 590. The van der Waals surface area contributed by atoms with Crippen LogP contribution in [0.25, 0.3) is 10.9 Å². The number of aromatic nitrogens is 1. The minimum absolute atomic E-state index is 0.127. The Morgan fingerprint density at radius 3 is 2.95 bits per heavy atom. The molecule has 0 aliphatic heterocycles. The van der Waals surface area contributed by atoms with Gasteiger partial charge >= 0.3 is 0 Å². The van der Waals surface area contributed by atoms with Crippen molar-refractivity contribution in [3.05, 3.63) is 36.0 Å². The van der Waals surface area contributed by atoms with Crippen LogP contribution in [-0.2, 0) is 11.3 Å². The number of hydrogen-bond donors (Lipinski definition) is 2. The molecule has 108 valence electrons. The predicted molar refractivity (Wildman–Crippen MR) is 80.2 cm³/mol. The van der Waals surface area contributed by atoms with E-state index in [2.05, 4.69) is 16.6 Å². The summed E-state index contributed by atoms with van der Waals surface area (Å²) in [5.41, 5.74) is 7.44. The summed E-state index contributed by atoms with van der Waals surface area (Å²) in [5, 5.41) is 12.8. The van der Waals surface area contributed by atoms with E-state index in [1.54, 1.807) is 0 Å². The Balaban J connectivity index is 2.05. The van der Waals surface area contributed by atoms with Crippen LogP contribution in [0.2, 0.25) is 0 Å². The van der Waals surface area contributed by atoms with Crippen molar-refractivity contribution < 1.29 is 9.94 Å². The lowest BCUT2D eigenvalue weighted by Gasteiger charge is -2.07. The van der Waals surface area contributed by atoms with Crippen molar-refractivity contribution in [3.8, 4) is 0 Å². The smallest absolute Gasteiger partial charge is 0.170 e. The zero-order valence-electron chi connectivity index (χ0n) is 11.7. The molecule has 1 aromatic carbocycles. The number of fused-ring (bicyclic) bond motifs is 1. The Hall–Kier alpha value is -2.01. The highest BCUT2D eigenvalue weighted by atomic mass is 16.5. The van der Waals surface area contributed by atoms with Crippen LogP contribution in [0.5, 0.6) is 0 Å². The van der Waals surface area contributed by atoms with Crippen LogP contribution in [0.1, 0.15) is 25.3 Å². The first-order chi connectivity index (χ1) is 9.76. The van der Waals surface area contributed by atoms with Crippen molar-refractivity contribution in [1.82, 2.24) is 4.57 Å². The van der Waals surface area contributed by atoms with Crippen LogP contribution in [0.4, 0.5) is 0 Å². The van der Waals surface area contributed by atoms with Crippen LogP contribution >= 0.6 is 0 Å². The molecule has 2 aromatic rings. The molecule has 20 heavy (non-hydrogen) atoms. The maximum atomic E-state index is 8.69. The Morgan fingerprint density at radius 1 is 1.35 bits per heavy atom. The van der Waals surface area contributed by atoms with Crippen molar-refractivity contribution >= 4 is 16.7 Å². The molecule has 0 aliphatic rings. The molecule has 0 saturated heterocycles. The molecule has 5 heteroatoms. The summed E-state index contributed by atoms with van der Waals surface area (Å²) in [7, 11) is 0. The molecular weight excluding hydrogens is 254 g/mol. The van der Waals surface area contributed by atoms with Gasteiger partial charge in [-0.15, -0.1) is 0 Å². The molecule has 1 aromatic heterocycles. The van der Waals surface area contributed by atoms with E-state index in [4.69, 9.17) is 15.7 Å². The quantitative estimate of drug-likeness (QED) is 0.268. The van der Waals surface area contributed by atoms with E-state index in [1.807, 2.05) is 30.5 Å². The van der Waals surface area contributed by atoms with Crippen molar-refractivity contribution in [2.24, 2.45) is 10.9 Å². The molecule has 0 radical (unpaired) electrons. The zero-order valence-corrected chi connectivity index (χ0v) is 11.7. The van der Waals surface area contributed by atoms with Crippen LogP contribution in [-0.4, -0.2) is 28.8 Å². The normalized spacial score (nSPS) is 12.2. The van der Waals surface area contributed by atoms with Gasteiger partial charge in [-0.25, -0.2) is 0 Å². The Morgan fingerprint density at radius 2 is 2.20 bits per heavy atom. The van der Waals surface area contributed by atoms with Gasteiger partial charge in [-0.1, -0.05) is 18.5 Å². The molecule has 0 amide bonds. The molecule has 2 rings (SSSR count). The number of rotatable bonds is 7. The van der Waals surface area contributed by atoms with Gasteiger partial charge < -0.3 is 20.2 Å². The van der Waals surface area contributed by atoms with Crippen LogP contribution in [0.3, 0.4) is 0 Å². The van der Waals surface area contributed by atoms with E-state index in [9.17, 15) is 0 Å². The Labute approximate surface area is 118 Å². The van der Waals surface area contributed by atoms with Crippen molar-refractivity contribution in [3.63, 3.8) is 0 Å². The maximum Gasteiger partial charge on any atom is 0.170 e. The highest BCUT2D eigenvalue weighted by molar-refractivity contribution is 6.00. The van der Waals surface area contributed by atoms with E-state index in [0.29, 0.717) is 6.61 Å². The third-order valence-electron chi connectivity index (χ3n) is 3.29. The molecular formula is C15H21N3O2. The molecule has 5 nitrogen and oxygen atoms in total. The fourth-order valence-corrected chi connectivity index (χ4v) is 2.12. The van der Waals surface area contributed by atoms with Gasteiger partial charge in [-0.05, 0) is 30.7 Å². The molecule has 0 fully saturated rings. The van der Waals surface area contributed by atoms with Gasteiger partial charge in [0.1, 0.15) is 0 Å². The van der Waals surface area contributed by atoms with E-state index in [1.165, 1.54) is 0 Å². The lowest BCUT2D eigenvalue weighted by Crippen LogP contribution is -2.12. The summed E-state index contributed by atoms with van der Waals surface area (Å²) in [6, 6.07) is 7.77. The molecule has 0 saturated carbocycles. The number of ether oxygens (including phenoxy) is 1.